The molecule has 0 unspecified atom stereocenters. The highest BCUT2D eigenvalue weighted by Crippen LogP contribution is 2.36. The number of imidazole rings is 1. The lowest BCUT2D eigenvalue weighted by Gasteiger charge is -2.14. The van der Waals surface area contributed by atoms with Crippen molar-refractivity contribution >= 4 is 33.5 Å². The molecule has 14 heteroatoms. The van der Waals surface area contributed by atoms with Crippen molar-refractivity contribution in [2.75, 3.05) is 5.32 Å². The van der Waals surface area contributed by atoms with E-state index >= 15 is 4.39 Å². The summed E-state index contributed by atoms with van der Waals surface area (Å²) in [7, 11) is 0. The number of aromatic amines is 1. The highest BCUT2D eigenvalue weighted by molar-refractivity contribution is 6.05. The topological polar surface area (TPSA) is 120 Å². The van der Waals surface area contributed by atoms with E-state index in [0.717, 1.165) is 12.3 Å². The number of nitrogens with one attached hydrogen (secondary N) is 2. The molecule has 0 aliphatic rings. The van der Waals surface area contributed by atoms with Crippen LogP contribution >= 0.6 is 0 Å². The Bertz CT molecular complexity index is 2070. The first-order valence-corrected chi connectivity index (χ1v) is 12.9. The molecule has 0 aliphatic heterocycles. The Morgan fingerprint density at radius 3 is 2.53 bits per heavy atom. The summed E-state index contributed by atoms with van der Waals surface area (Å²) in [5, 5.41) is 7.17. The fourth-order valence-electron chi connectivity index (χ4n) is 4.80. The third-order valence-corrected chi connectivity index (χ3v) is 6.63. The molecule has 4 aromatic heterocycles. The summed E-state index contributed by atoms with van der Waals surface area (Å²) in [6.07, 6.45) is -1.46. The standard InChI is InChI=1S/C29H21F4N7O3/c1-15(2)39-23-22(10-12-34-25(23)38-28(39)42)43-21-8-7-17(13-20(21)30)37-27(41)19-14-36-40(24(19)29(31,32)33)26-18-6-4-3-5-16(18)9-11-35-26/h3-15H,1-2H3,(H,37,41)(H,34,38,42). The summed E-state index contributed by atoms with van der Waals surface area (Å²) in [6.45, 7) is 3.58. The molecule has 1 amide bonds. The Labute approximate surface area is 239 Å². The van der Waals surface area contributed by atoms with Crippen molar-refractivity contribution in [2.45, 2.75) is 26.1 Å². The number of fused-ring (bicyclic) bond motifs is 2. The molecule has 0 atom stereocenters. The predicted molar refractivity (Wildman–Crippen MR) is 149 cm³/mol. The molecular formula is C29H21F4N7O3. The van der Waals surface area contributed by atoms with Gasteiger partial charge in [0.05, 0.1) is 11.8 Å². The number of carbonyl (C=O) groups excluding carboxylic acids is 1. The zero-order valence-corrected chi connectivity index (χ0v) is 22.5. The minimum atomic E-state index is -4.98. The van der Waals surface area contributed by atoms with E-state index in [4.69, 9.17) is 4.74 Å². The molecule has 10 nitrogen and oxygen atoms in total. The molecule has 0 saturated heterocycles. The van der Waals surface area contributed by atoms with E-state index in [1.165, 1.54) is 35.2 Å². The van der Waals surface area contributed by atoms with Crippen LogP contribution in [0.5, 0.6) is 11.5 Å². The number of nitrogens with zero attached hydrogens (tertiary/aromatic N) is 5. The number of anilines is 1. The minimum Gasteiger partial charge on any atom is -0.452 e. The molecule has 0 aliphatic carbocycles. The molecule has 0 radical (unpaired) electrons. The summed E-state index contributed by atoms with van der Waals surface area (Å²) >= 11 is 0. The Morgan fingerprint density at radius 2 is 1.79 bits per heavy atom. The molecule has 218 valence electrons. The third kappa shape index (κ3) is 4.96. The maximum absolute atomic E-state index is 15.1. The van der Waals surface area contributed by atoms with Crippen LogP contribution in [0.1, 0.15) is 35.9 Å². The zero-order chi connectivity index (χ0) is 30.5. The molecule has 2 aromatic carbocycles. The van der Waals surface area contributed by atoms with Crippen molar-refractivity contribution in [3.8, 4) is 17.3 Å². The van der Waals surface area contributed by atoms with Gasteiger partial charge >= 0.3 is 11.9 Å². The summed E-state index contributed by atoms with van der Waals surface area (Å²) in [5.41, 5.74) is -2.07. The summed E-state index contributed by atoms with van der Waals surface area (Å²) in [5.74, 6) is -2.27. The fourth-order valence-corrected chi connectivity index (χ4v) is 4.80. The first kappa shape index (κ1) is 27.6. The van der Waals surface area contributed by atoms with Gasteiger partial charge in [-0.25, -0.2) is 23.8 Å². The van der Waals surface area contributed by atoms with E-state index in [9.17, 15) is 22.8 Å². The quantitative estimate of drug-likeness (QED) is 0.221. The van der Waals surface area contributed by atoms with E-state index in [1.54, 1.807) is 44.2 Å². The van der Waals surface area contributed by atoms with Crippen LogP contribution in [0.2, 0.25) is 0 Å². The molecule has 43 heavy (non-hydrogen) atoms. The van der Waals surface area contributed by atoms with Crippen LogP contribution in [-0.2, 0) is 6.18 Å². The van der Waals surface area contributed by atoms with E-state index in [-0.39, 0.29) is 34.7 Å². The second-order valence-corrected chi connectivity index (χ2v) is 9.77. The van der Waals surface area contributed by atoms with Gasteiger partial charge in [0, 0.05) is 41.6 Å². The van der Waals surface area contributed by atoms with Crippen LogP contribution in [0.3, 0.4) is 0 Å². The van der Waals surface area contributed by atoms with Gasteiger partial charge < -0.3 is 10.1 Å². The number of halogens is 4. The zero-order valence-electron chi connectivity index (χ0n) is 22.5. The van der Waals surface area contributed by atoms with Crippen molar-refractivity contribution in [3.63, 3.8) is 0 Å². The molecule has 6 rings (SSSR count). The largest absolute Gasteiger partial charge is 0.452 e. The lowest BCUT2D eigenvalue weighted by molar-refractivity contribution is -0.143. The second-order valence-electron chi connectivity index (χ2n) is 9.77. The van der Waals surface area contributed by atoms with Crippen LogP contribution in [0.15, 0.2) is 78.0 Å². The van der Waals surface area contributed by atoms with E-state index in [2.05, 4.69) is 25.4 Å². The number of rotatable bonds is 6. The average molecular weight is 592 g/mol. The monoisotopic (exact) mass is 591 g/mol. The molecule has 0 saturated carbocycles. The number of hydrogen-bond acceptors (Lipinski definition) is 6. The predicted octanol–water partition coefficient (Wildman–Crippen LogP) is 6.24. The van der Waals surface area contributed by atoms with Crippen molar-refractivity contribution < 1.29 is 27.1 Å². The number of ether oxygens (including phenoxy) is 1. The number of hydrogen-bond donors (Lipinski definition) is 2. The average Bonchev–Trinajstić information content (AvgIpc) is 3.56. The van der Waals surface area contributed by atoms with Gasteiger partial charge in [0.1, 0.15) is 5.52 Å². The van der Waals surface area contributed by atoms with Crippen LogP contribution in [-0.4, -0.2) is 35.2 Å². The van der Waals surface area contributed by atoms with Crippen molar-refractivity contribution in [3.05, 3.63) is 101 Å². The Kier molecular flexibility index (Phi) is 6.67. The smallest absolute Gasteiger partial charge is 0.434 e. The van der Waals surface area contributed by atoms with Crippen LogP contribution in [0, 0.1) is 5.82 Å². The number of benzene rings is 2. The van der Waals surface area contributed by atoms with Gasteiger partial charge in [0.15, 0.2) is 34.5 Å². The Morgan fingerprint density at radius 1 is 1.02 bits per heavy atom. The van der Waals surface area contributed by atoms with Gasteiger partial charge in [-0.15, -0.1) is 0 Å². The van der Waals surface area contributed by atoms with E-state index < -0.39 is 34.8 Å². The lowest BCUT2D eigenvalue weighted by Crippen LogP contribution is -2.21. The number of alkyl halides is 3. The summed E-state index contributed by atoms with van der Waals surface area (Å²) in [4.78, 5) is 36.2. The molecule has 4 heterocycles. The Balaban J connectivity index is 1.31. The fraction of sp³-hybridized carbons (Fsp3) is 0.138. The molecule has 6 aromatic rings. The van der Waals surface area contributed by atoms with Gasteiger partial charge in [0.25, 0.3) is 5.91 Å². The molecule has 0 spiro atoms. The minimum absolute atomic E-state index is 0.104. The van der Waals surface area contributed by atoms with Gasteiger partial charge in [-0.1, -0.05) is 24.3 Å². The maximum Gasteiger partial charge on any atom is 0.434 e. The van der Waals surface area contributed by atoms with E-state index in [0.29, 0.717) is 21.0 Å². The van der Waals surface area contributed by atoms with Gasteiger partial charge in [-0.3, -0.25) is 14.3 Å². The normalized spacial score (nSPS) is 11.9. The van der Waals surface area contributed by atoms with Gasteiger partial charge in [0.2, 0.25) is 0 Å². The second kappa shape index (κ2) is 10.4. The van der Waals surface area contributed by atoms with E-state index in [1.807, 2.05) is 0 Å². The number of amides is 1. The van der Waals surface area contributed by atoms with Crippen molar-refractivity contribution in [2.24, 2.45) is 0 Å². The van der Waals surface area contributed by atoms with Crippen LogP contribution in [0.4, 0.5) is 23.2 Å². The van der Waals surface area contributed by atoms with Gasteiger partial charge in [-0.05, 0) is 37.4 Å². The summed E-state index contributed by atoms with van der Waals surface area (Å²) < 4.78 is 65.7. The van der Waals surface area contributed by atoms with Crippen LogP contribution in [0.25, 0.3) is 27.8 Å². The first-order chi connectivity index (χ1) is 20.5. The van der Waals surface area contributed by atoms with Crippen molar-refractivity contribution in [1.82, 2.24) is 29.3 Å². The number of pyridine rings is 2. The highest BCUT2D eigenvalue weighted by atomic mass is 19.4. The van der Waals surface area contributed by atoms with Crippen LogP contribution < -0.4 is 15.7 Å². The number of aromatic nitrogens is 6. The number of carbonyl (C=O) groups is 1. The third-order valence-electron chi connectivity index (χ3n) is 6.63. The maximum atomic E-state index is 15.1. The van der Waals surface area contributed by atoms with Gasteiger partial charge in [-0.2, -0.15) is 18.3 Å². The molecule has 0 bridgehead atoms. The molecular weight excluding hydrogens is 570 g/mol. The Hall–Kier alpha value is -5.53. The first-order valence-electron chi connectivity index (χ1n) is 12.9. The SMILES string of the molecule is CC(C)n1c(=O)[nH]c2nccc(Oc3ccc(NC(=O)c4cnn(-c5nccc6ccccc56)c4C(F)(F)F)cc3F)c21. The number of H-pyrrole nitrogens is 1. The molecule has 2 N–H and O–H groups in total. The lowest BCUT2D eigenvalue weighted by atomic mass is 10.1. The summed E-state index contributed by atoms with van der Waals surface area (Å²) in [6, 6.07) is 12.9. The molecule has 0 fully saturated rings. The highest BCUT2D eigenvalue weighted by Gasteiger charge is 2.41. The van der Waals surface area contributed by atoms with Crippen molar-refractivity contribution in [1.29, 1.82) is 0 Å².